The zero-order valence-corrected chi connectivity index (χ0v) is 11.1. The second kappa shape index (κ2) is 5.33. The number of nitrogens with zero attached hydrogens (tertiary/aromatic N) is 4. The molecule has 7 nitrogen and oxygen atoms in total. The zero-order valence-electron chi connectivity index (χ0n) is 9.59. The molecule has 0 aliphatic rings. The number of nitrogens with one attached hydrogen (secondary N) is 1. The maximum absolute atomic E-state index is 11.0. The molecule has 1 N–H and O–H groups in total. The minimum Gasteiger partial charge on any atom is -0.318 e. The fraction of sp³-hybridized carbons (Fsp3) is 0.100. The third-order valence-electron chi connectivity index (χ3n) is 2.18. The third kappa shape index (κ3) is 3.27. The first-order valence-corrected chi connectivity index (χ1v) is 5.80. The molecule has 0 aliphatic heterocycles. The third-order valence-corrected chi connectivity index (χ3v) is 2.52. The summed E-state index contributed by atoms with van der Waals surface area (Å²) in [6, 6.07) is 4.71. The van der Waals surface area contributed by atoms with E-state index in [-0.39, 0.29) is 27.9 Å². The number of nitro groups is 1. The Kier molecular flexibility index (Phi) is 3.77. The molecule has 1 aromatic heterocycles. The normalized spacial score (nSPS) is 10.3. The minimum atomic E-state index is -0.500. The maximum Gasteiger partial charge on any atom is 0.293 e. The van der Waals surface area contributed by atoms with Crippen molar-refractivity contribution in [1.82, 2.24) is 15.0 Å². The van der Waals surface area contributed by atoms with Crippen LogP contribution < -0.4 is 5.32 Å². The van der Waals surface area contributed by atoms with Crippen molar-refractivity contribution >= 4 is 40.5 Å². The molecule has 9 heteroatoms. The molecule has 0 amide bonds. The van der Waals surface area contributed by atoms with Gasteiger partial charge in [0, 0.05) is 6.07 Å². The van der Waals surface area contributed by atoms with Crippen molar-refractivity contribution in [1.29, 1.82) is 0 Å². The van der Waals surface area contributed by atoms with Crippen molar-refractivity contribution in [2.45, 2.75) is 6.92 Å². The SMILES string of the molecule is Cc1ccc(Nc2nc(Cl)nc(Cl)n2)c([N+](=O)[O-])c1. The van der Waals surface area contributed by atoms with Crippen LogP contribution in [-0.2, 0) is 0 Å². The molecule has 1 aromatic carbocycles. The highest BCUT2D eigenvalue weighted by atomic mass is 35.5. The lowest BCUT2D eigenvalue weighted by Gasteiger charge is -2.06. The van der Waals surface area contributed by atoms with E-state index in [1.165, 1.54) is 6.07 Å². The van der Waals surface area contributed by atoms with Crippen LogP contribution in [0, 0.1) is 17.0 Å². The highest BCUT2D eigenvalue weighted by molar-refractivity contribution is 6.31. The van der Waals surface area contributed by atoms with Gasteiger partial charge in [-0.2, -0.15) is 15.0 Å². The van der Waals surface area contributed by atoms with Gasteiger partial charge in [0.25, 0.3) is 5.69 Å². The second-order valence-electron chi connectivity index (χ2n) is 3.60. The molecule has 2 rings (SSSR count). The number of halogens is 2. The van der Waals surface area contributed by atoms with Gasteiger partial charge in [-0.1, -0.05) is 6.07 Å². The number of rotatable bonds is 3. The molecule has 0 bridgehead atoms. The first-order chi connectivity index (χ1) is 8.95. The van der Waals surface area contributed by atoms with E-state index < -0.39 is 4.92 Å². The monoisotopic (exact) mass is 299 g/mol. The molecule has 0 unspecified atom stereocenters. The van der Waals surface area contributed by atoms with E-state index >= 15 is 0 Å². The van der Waals surface area contributed by atoms with Gasteiger partial charge >= 0.3 is 0 Å². The number of benzene rings is 1. The quantitative estimate of drug-likeness (QED) is 0.691. The molecule has 0 saturated carbocycles. The summed E-state index contributed by atoms with van der Waals surface area (Å²) < 4.78 is 0. The van der Waals surface area contributed by atoms with Crippen LogP contribution >= 0.6 is 23.2 Å². The molecule has 1 heterocycles. The van der Waals surface area contributed by atoms with Gasteiger partial charge in [-0.25, -0.2) is 0 Å². The lowest BCUT2D eigenvalue weighted by Crippen LogP contribution is -2.02. The van der Waals surface area contributed by atoms with Crippen molar-refractivity contribution in [2.24, 2.45) is 0 Å². The lowest BCUT2D eigenvalue weighted by molar-refractivity contribution is -0.384. The topological polar surface area (TPSA) is 93.8 Å². The molecule has 0 radical (unpaired) electrons. The van der Waals surface area contributed by atoms with Crippen LogP contribution in [-0.4, -0.2) is 19.9 Å². The maximum atomic E-state index is 11.0. The highest BCUT2D eigenvalue weighted by Crippen LogP contribution is 2.27. The lowest BCUT2D eigenvalue weighted by atomic mass is 10.2. The Morgan fingerprint density at radius 2 is 1.84 bits per heavy atom. The van der Waals surface area contributed by atoms with Gasteiger partial charge in [0.05, 0.1) is 4.92 Å². The molecular formula is C10H7Cl2N5O2. The number of aryl methyl sites for hydroxylation is 1. The Morgan fingerprint density at radius 3 is 2.42 bits per heavy atom. The summed E-state index contributed by atoms with van der Waals surface area (Å²) in [5.74, 6) is 0.0388. The first kappa shape index (κ1) is 13.4. The standard InChI is InChI=1S/C10H7Cl2N5O2/c1-5-2-3-6(7(4-5)17(18)19)13-10-15-8(11)14-9(12)16-10/h2-4H,1H3,(H,13,14,15,16). The van der Waals surface area contributed by atoms with Gasteiger partial charge in [-0.15, -0.1) is 0 Å². The van der Waals surface area contributed by atoms with E-state index in [0.29, 0.717) is 0 Å². The summed E-state index contributed by atoms with van der Waals surface area (Å²) in [6.07, 6.45) is 0. The summed E-state index contributed by atoms with van der Waals surface area (Å²) in [5, 5.41) is 13.4. The van der Waals surface area contributed by atoms with E-state index in [4.69, 9.17) is 23.2 Å². The Bertz CT molecular complexity index is 630. The molecule has 0 fully saturated rings. The summed E-state index contributed by atoms with van der Waals surface area (Å²) in [5.41, 5.74) is 0.922. The summed E-state index contributed by atoms with van der Waals surface area (Å²) in [6.45, 7) is 1.76. The first-order valence-electron chi connectivity index (χ1n) is 5.05. The van der Waals surface area contributed by atoms with Crippen LogP contribution in [0.5, 0.6) is 0 Å². The van der Waals surface area contributed by atoms with Crippen LogP contribution in [0.1, 0.15) is 5.56 Å². The van der Waals surface area contributed by atoms with Gasteiger partial charge in [-0.3, -0.25) is 10.1 Å². The van der Waals surface area contributed by atoms with Crippen molar-refractivity contribution in [3.63, 3.8) is 0 Å². The highest BCUT2D eigenvalue weighted by Gasteiger charge is 2.15. The van der Waals surface area contributed by atoms with Crippen LogP contribution in [0.3, 0.4) is 0 Å². The molecule has 19 heavy (non-hydrogen) atoms. The molecule has 98 valence electrons. The Morgan fingerprint density at radius 1 is 1.21 bits per heavy atom. The molecule has 2 aromatic rings. The van der Waals surface area contributed by atoms with Gasteiger partial charge in [0.15, 0.2) is 0 Å². The summed E-state index contributed by atoms with van der Waals surface area (Å²) in [4.78, 5) is 21.6. The molecule has 0 atom stereocenters. The van der Waals surface area contributed by atoms with Crippen LogP contribution in [0.4, 0.5) is 17.3 Å². The van der Waals surface area contributed by atoms with Gasteiger partial charge in [0.2, 0.25) is 16.5 Å². The van der Waals surface area contributed by atoms with Crippen molar-refractivity contribution in [2.75, 3.05) is 5.32 Å². The van der Waals surface area contributed by atoms with E-state index in [0.717, 1.165) is 5.56 Å². The number of anilines is 2. The van der Waals surface area contributed by atoms with Crippen molar-refractivity contribution < 1.29 is 4.92 Å². The van der Waals surface area contributed by atoms with E-state index in [9.17, 15) is 10.1 Å². The second-order valence-corrected chi connectivity index (χ2v) is 4.28. The van der Waals surface area contributed by atoms with E-state index in [1.54, 1.807) is 19.1 Å². The Balaban J connectivity index is 2.40. The summed E-state index contributed by atoms with van der Waals surface area (Å²) >= 11 is 11.2. The van der Waals surface area contributed by atoms with Gasteiger partial charge in [-0.05, 0) is 41.8 Å². The number of hydrogen-bond donors (Lipinski definition) is 1. The molecule has 0 aliphatic carbocycles. The molecule has 0 saturated heterocycles. The van der Waals surface area contributed by atoms with Crippen LogP contribution in [0.25, 0.3) is 0 Å². The van der Waals surface area contributed by atoms with Crippen molar-refractivity contribution in [3.05, 3.63) is 44.4 Å². The molecule has 0 spiro atoms. The van der Waals surface area contributed by atoms with E-state index in [1.807, 2.05) is 0 Å². The number of nitro benzene ring substituents is 1. The van der Waals surface area contributed by atoms with Gasteiger partial charge in [0.1, 0.15) is 5.69 Å². The van der Waals surface area contributed by atoms with E-state index in [2.05, 4.69) is 20.3 Å². The van der Waals surface area contributed by atoms with Crippen LogP contribution in [0.15, 0.2) is 18.2 Å². The average molecular weight is 300 g/mol. The zero-order chi connectivity index (χ0) is 14.0. The van der Waals surface area contributed by atoms with Gasteiger partial charge < -0.3 is 5.32 Å². The smallest absolute Gasteiger partial charge is 0.293 e. The van der Waals surface area contributed by atoms with Crippen LogP contribution in [0.2, 0.25) is 10.6 Å². The Labute approximate surface area is 117 Å². The largest absolute Gasteiger partial charge is 0.318 e. The van der Waals surface area contributed by atoms with Crippen molar-refractivity contribution in [3.8, 4) is 0 Å². The summed E-state index contributed by atoms with van der Waals surface area (Å²) in [7, 11) is 0. The predicted octanol–water partition coefficient (Wildman–Crippen LogP) is 3.14. The Hall–Kier alpha value is -1.99. The fourth-order valence-electron chi connectivity index (χ4n) is 1.40. The minimum absolute atomic E-state index is 0.0388. The average Bonchev–Trinajstić information content (AvgIpc) is 2.30. The number of hydrogen-bond acceptors (Lipinski definition) is 6. The molecular weight excluding hydrogens is 293 g/mol. The fourth-order valence-corrected chi connectivity index (χ4v) is 1.76. The predicted molar refractivity (Wildman–Crippen MR) is 71.0 cm³/mol. The number of aromatic nitrogens is 3.